The SMILES string of the molecule is CNOCCc1cc(NC2CCCC(C)C2)ccc1C#N. The number of hydroxylamine groups is 1. The Morgan fingerprint density at radius 3 is 2.95 bits per heavy atom. The van der Waals surface area contributed by atoms with Crippen LogP contribution in [-0.2, 0) is 11.3 Å². The number of hydrogen-bond acceptors (Lipinski definition) is 4. The summed E-state index contributed by atoms with van der Waals surface area (Å²) in [5.74, 6) is 0.804. The Labute approximate surface area is 127 Å². The molecule has 2 rings (SSSR count). The standard InChI is InChI=1S/C17H25N3O/c1-13-4-3-5-16(10-13)20-17-7-6-15(12-18)14(11-17)8-9-21-19-2/h6-7,11,13,16,19-20H,3-5,8-10H2,1-2H3. The van der Waals surface area contributed by atoms with Crippen molar-refractivity contribution in [2.45, 2.75) is 45.1 Å². The van der Waals surface area contributed by atoms with Gasteiger partial charge in [0.05, 0.1) is 18.2 Å². The second-order valence-electron chi connectivity index (χ2n) is 5.90. The average molecular weight is 287 g/mol. The summed E-state index contributed by atoms with van der Waals surface area (Å²) < 4.78 is 0. The molecule has 0 amide bonds. The highest BCUT2D eigenvalue weighted by Crippen LogP contribution is 2.27. The van der Waals surface area contributed by atoms with E-state index in [0.29, 0.717) is 12.6 Å². The summed E-state index contributed by atoms with van der Waals surface area (Å²) in [5.41, 5.74) is 5.56. The first-order valence-corrected chi connectivity index (χ1v) is 7.81. The van der Waals surface area contributed by atoms with E-state index in [0.717, 1.165) is 29.2 Å². The average Bonchev–Trinajstić information content (AvgIpc) is 2.48. The molecule has 1 fully saturated rings. The van der Waals surface area contributed by atoms with Crippen LogP contribution in [0.4, 0.5) is 5.69 Å². The number of rotatable bonds is 6. The molecule has 0 radical (unpaired) electrons. The molecule has 0 bridgehead atoms. The molecule has 0 spiro atoms. The molecule has 0 heterocycles. The van der Waals surface area contributed by atoms with Gasteiger partial charge in [0.1, 0.15) is 0 Å². The summed E-state index contributed by atoms with van der Waals surface area (Å²) >= 11 is 0. The molecule has 0 aromatic heterocycles. The maximum absolute atomic E-state index is 9.20. The van der Waals surface area contributed by atoms with E-state index in [4.69, 9.17) is 4.84 Å². The number of nitriles is 1. The lowest BCUT2D eigenvalue weighted by atomic mass is 9.87. The summed E-state index contributed by atoms with van der Waals surface area (Å²) in [4.78, 5) is 5.16. The first-order chi connectivity index (χ1) is 10.2. The van der Waals surface area contributed by atoms with Crippen LogP contribution in [0.25, 0.3) is 0 Å². The van der Waals surface area contributed by atoms with Crippen molar-refractivity contribution in [1.82, 2.24) is 5.48 Å². The Morgan fingerprint density at radius 1 is 1.38 bits per heavy atom. The maximum Gasteiger partial charge on any atom is 0.0994 e. The second kappa shape index (κ2) is 8.02. The summed E-state index contributed by atoms with van der Waals surface area (Å²) in [7, 11) is 1.74. The molecule has 1 saturated carbocycles. The van der Waals surface area contributed by atoms with Gasteiger partial charge in [-0.25, -0.2) is 5.48 Å². The van der Waals surface area contributed by atoms with Crippen LogP contribution in [0, 0.1) is 17.2 Å². The van der Waals surface area contributed by atoms with Gasteiger partial charge in [-0.1, -0.05) is 19.8 Å². The van der Waals surface area contributed by atoms with Gasteiger partial charge in [-0.3, -0.25) is 0 Å². The molecule has 114 valence electrons. The lowest BCUT2D eigenvalue weighted by Gasteiger charge is -2.28. The molecule has 0 aliphatic heterocycles. The van der Waals surface area contributed by atoms with Crippen molar-refractivity contribution < 1.29 is 4.84 Å². The van der Waals surface area contributed by atoms with Gasteiger partial charge in [0, 0.05) is 18.8 Å². The molecular weight excluding hydrogens is 262 g/mol. The van der Waals surface area contributed by atoms with Gasteiger partial charge in [0.15, 0.2) is 0 Å². The molecular formula is C17H25N3O. The predicted molar refractivity (Wildman–Crippen MR) is 84.9 cm³/mol. The minimum absolute atomic E-state index is 0.558. The molecule has 21 heavy (non-hydrogen) atoms. The van der Waals surface area contributed by atoms with Crippen LogP contribution in [0.3, 0.4) is 0 Å². The Balaban J connectivity index is 2.02. The third-order valence-electron chi connectivity index (χ3n) is 4.15. The highest BCUT2D eigenvalue weighted by Gasteiger charge is 2.18. The van der Waals surface area contributed by atoms with E-state index in [1.54, 1.807) is 7.05 Å². The fraction of sp³-hybridized carbons (Fsp3) is 0.588. The van der Waals surface area contributed by atoms with Gasteiger partial charge < -0.3 is 10.2 Å². The Bertz CT molecular complexity index is 495. The van der Waals surface area contributed by atoms with Crippen LogP contribution in [0.15, 0.2) is 18.2 Å². The highest BCUT2D eigenvalue weighted by molar-refractivity contribution is 5.52. The van der Waals surface area contributed by atoms with Gasteiger partial charge >= 0.3 is 0 Å². The smallest absolute Gasteiger partial charge is 0.0994 e. The van der Waals surface area contributed by atoms with Crippen molar-refractivity contribution in [2.24, 2.45) is 5.92 Å². The third kappa shape index (κ3) is 4.73. The van der Waals surface area contributed by atoms with Crippen molar-refractivity contribution >= 4 is 5.69 Å². The molecule has 4 nitrogen and oxygen atoms in total. The lowest BCUT2D eigenvalue weighted by molar-refractivity contribution is 0.0603. The van der Waals surface area contributed by atoms with Crippen LogP contribution in [-0.4, -0.2) is 19.7 Å². The molecule has 1 aromatic carbocycles. The molecule has 4 heteroatoms. The zero-order chi connectivity index (χ0) is 15.1. The van der Waals surface area contributed by atoms with Gasteiger partial charge in [-0.05, 0) is 48.9 Å². The minimum atomic E-state index is 0.558. The summed E-state index contributed by atoms with van der Waals surface area (Å²) in [6, 6.07) is 8.83. The van der Waals surface area contributed by atoms with E-state index < -0.39 is 0 Å². The third-order valence-corrected chi connectivity index (χ3v) is 4.15. The van der Waals surface area contributed by atoms with Crippen molar-refractivity contribution in [3.05, 3.63) is 29.3 Å². The monoisotopic (exact) mass is 287 g/mol. The zero-order valence-corrected chi connectivity index (χ0v) is 13.0. The molecule has 1 aliphatic rings. The van der Waals surface area contributed by atoms with Crippen LogP contribution < -0.4 is 10.8 Å². The second-order valence-corrected chi connectivity index (χ2v) is 5.90. The predicted octanol–water partition coefficient (Wildman–Crippen LogP) is 3.24. The summed E-state index contributed by atoms with van der Waals surface area (Å²) in [6.45, 7) is 2.89. The van der Waals surface area contributed by atoms with Crippen LogP contribution >= 0.6 is 0 Å². The topological polar surface area (TPSA) is 57.1 Å². The quantitative estimate of drug-likeness (QED) is 0.623. The summed E-state index contributed by atoms with van der Waals surface area (Å²) in [6.07, 6.45) is 5.86. The van der Waals surface area contributed by atoms with Crippen molar-refractivity contribution in [3.8, 4) is 6.07 Å². The number of anilines is 1. The highest BCUT2D eigenvalue weighted by atomic mass is 16.6. The number of benzene rings is 1. The first kappa shape index (κ1) is 15.8. The Kier molecular flexibility index (Phi) is 6.04. The van der Waals surface area contributed by atoms with Crippen molar-refractivity contribution in [3.63, 3.8) is 0 Å². The van der Waals surface area contributed by atoms with E-state index in [1.807, 2.05) is 12.1 Å². The van der Waals surface area contributed by atoms with E-state index in [-0.39, 0.29) is 0 Å². The van der Waals surface area contributed by atoms with Gasteiger partial charge in [-0.2, -0.15) is 5.26 Å². The summed E-state index contributed by atoms with van der Waals surface area (Å²) in [5, 5.41) is 12.8. The van der Waals surface area contributed by atoms with Crippen LogP contribution in [0.2, 0.25) is 0 Å². The maximum atomic E-state index is 9.20. The van der Waals surface area contributed by atoms with Crippen LogP contribution in [0.5, 0.6) is 0 Å². The Morgan fingerprint density at radius 2 is 2.24 bits per heavy atom. The van der Waals surface area contributed by atoms with E-state index in [9.17, 15) is 5.26 Å². The minimum Gasteiger partial charge on any atom is -0.382 e. The van der Waals surface area contributed by atoms with Crippen molar-refractivity contribution in [2.75, 3.05) is 19.0 Å². The molecule has 1 aliphatic carbocycles. The first-order valence-electron chi connectivity index (χ1n) is 7.81. The van der Waals surface area contributed by atoms with Gasteiger partial charge in [0.25, 0.3) is 0 Å². The zero-order valence-electron chi connectivity index (χ0n) is 13.0. The normalized spacial score (nSPS) is 21.8. The largest absolute Gasteiger partial charge is 0.382 e. The fourth-order valence-electron chi connectivity index (χ4n) is 3.06. The van der Waals surface area contributed by atoms with Gasteiger partial charge in [-0.15, -0.1) is 0 Å². The molecule has 0 saturated heterocycles. The number of nitrogens with zero attached hydrogens (tertiary/aromatic N) is 1. The number of nitrogens with one attached hydrogen (secondary N) is 2. The molecule has 2 N–H and O–H groups in total. The van der Waals surface area contributed by atoms with E-state index in [2.05, 4.69) is 29.9 Å². The van der Waals surface area contributed by atoms with Crippen molar-refractivity contribution in [1.29, 1.82) is 5.26 Å². The van der Waals surface area contributed by atoms with E-state index >= 15 is 0 Å². The lowest BCUT2D eigenvalue weighted by Crippen LogP contribution is -2.26. The molecule has 2 unspecified atom stereocenters. The number of hydrogen-bond donors (Lipinski definition) is 2. The fourth-order valence-corrected chi connectivity index (χ4v) is 3.06. The van der Waals surface area contributed by atoms with Crippen LogP contribution in [0.1, 0.15) is 43.7 Å². The van der Waals surface area contributed by atoms with Gasteiger partial charge in [0.2, 0.25) is 0 Å². The Hall–Kier alpha value is -1.57. The molecule has 1 aromatic rings. The molecule has 2 atom stereocenters. The van der Waals surface area contributed by atoms with E-state index in [1.165, 1.54) is 25.7 Å².